The molecule has 0 aliphatic rings. The first-order valence-electron chi connectivity index (χ1n) is 21.1. The molecule has 0 amide bonds. The van der Waals surface area contributed by atoms with E-state index >= 15 is 0 Å². The highest BCUT2D eigenvalue weighted by Gasteiger charge is 2.25. The molecule has 0 saturated heterocycles. The molecular formula is C45H76NO8P. The standard InChI is InChI=1S/C45H76NO8P/c1-3-5-7-9-11-13-15-17-19-21-23-25-27-29-31-33-35-37-44(47)51-41-43(42-53-55(49,50)52-40-39-46)54-45(48)38-36-34-32-30-28-26-24-22-20-18-16-14-12-10-8-6-4-2/h5,7,11-14,17-20,23-26,43H,3-4,6,8-10,15-16,21-22,27-42,46H2,1-2H3,(H,49,50). The van der Waals surface area contributed by atoms with E-state index in [1.807, 2.05) is 0 Å². The van der Waals surface area contributed by atoms with Crippen molar-refractivity contribution in [2.45, 2.75) is 161 Å². The van der Waals surface area contributed by atoms with E-state index < -0.39 is 32.5 Å². The van der Waals surface area contributed by atoms with Crippen LogP contribution in [-0.4, -0.2) is 49.3 Å². The molecule has 0 aromatic carbocycles. The Bertz CT molecular complexity index is 1170. The highest BCUT2D eigenvalue weighted by molar-refractivity contribution is 7.47. The topological polar surface area (TPSA) is 134 Å². The van der Waals surface area contributed by atoms with Gasteiger partial charge in [-0.1, -0.05) is 137 Å². The summed E-state index contributed by atoms with van der Waals surface area (Å²) in [6, 6.07) is 0. The van der Waals surface area contributed by atoms with Gasteiger partial charge in [0.25, 0.3) is 0 Å². The van der Waals surface area contributed by atoms with Crippen LogP contribution in [-0.2, 0) is 32.7 Å². The fraction of sp³-hybridized carbons (Fsp3) is 0.644. The van der Waals surface area contributed by atoms with Crippen LogP contribution in [0.15, 0.2) is 85.1 Å². The van der Waals surface area contributed by atoms with Crippen molar-refractivity contribution in [2.24, 2.45) is 5.73 Å². The van der Waals surface area contributed by atoms with E-state index in [0.29, 0.717) is 12.8 Å². The Hall–Kier alpha value is -2.81. The lowest BCUT2D eigenvalue weighted by molar-refractivity contribution is -0.161. The molecule has 10 heteroatoms. The maximum atomic E-state index is 12.6. The number of hydrogen-bond acceptors (Lipinski definition) is 8. The summed E-state index contributed by atoms with van der Waals surface area (Å²) in [6.45, 7) is 3.51. The molecular weight excluding hydrogens is 713 g/mol. The van der Waals surface area contributed by atoms with Gasteiger partial charge in [-0.15, -0.1) is 0 Å². The molecule has 2 unspecified atom stereocenters. The van der Waals surface area contributed by atoms with Crippen LogP contribution in [0.5, 0.6) is 0 Å². The van der Waals surface area contributed by atoms with Gasteiger partial charge in [0.1, 0.15) is 6.61 Å². The number of phosphoric ester groups is 1. The zero-order valence-electron chi connectivity index (χ0n) is 34.4. The third-order valence-electron chi connectivity index (χ3n) is 8.27. The lowest BCUT2D eigenvalue weighted by Crippen LogP contribution is -2.29. The highest BCUT2D eigenvalue weighted by atomic mass is 31.2. The SMILES string of the molecule is CCC=CCC=CCC=CCC=CCCCCCCC(=O)OCC(COP(=O)(O)OCCN)OC(=O)CCCCCCC=CCC=CCC=CCCCCC. The number of allylic oxidation sites excluding steroid dienone is 14. The van der Waals surface area contributed by atoms with Crippen LogP contribution in [0, 0.1) is 0 Å². The first-order valence-corrected chi connectivity index (χ1v) is 22.6. The van der Waals surface area contributed by atoms with E-state index in [1.165, 1.54) is 25.7 Å². The van der Waals surface area contributed by atoms with Crippen molar-refractivity contribution in [3.8, 4) is 0 Å². The summed E-state index contributed by atoms with van der Waals surface area (Å²) in [4.78, 5) is 34.8. The van der Waals surface area contributed by atoms with Crippen molar-refractivity contribution < 1.29 is 37.6 Å². The Morgan fingerprint density at radius 2 is 1.00 bits per heavy atom. The van der Waals surface area contributed by atoms with Crippen molar-refractivity contribution in [3.05, 3.63) is 85.1 Å². The van der Waals surface area contributed by atoms with Crippen molar-refractivity contribution in [1.29, 1.82) is 0 Å². The van der Waals surface area contributed by atoms with Crippen LogP contribution in [0.25, 0.3) is 0 Å². The lowest BCUT2D eigenvalue weighted by Gasteiger charge is -2.19. The molecule has 314 valence electrons. The van der Waals surface area contributed by atoms with Gasteiger partial charge in [-0.2, -0.15) is 0 Å². The molecule has 0 bridgehead atoms. The Labute approximate surface area is 334 Å². The van der Waals surface area contributed by atoms with Crippen LogP contribution >= 0.6 is 7.82 Å². The van der Waals surface area contributed by atoms with Gasteiger partial charge in [0.05, 0.1) is 13.2 Å². The second-order valence-electron chi connectivity index (χ2n) is 13.5. The summed E-state index contributed by atoms with van der Waals surface area (Å²) in [5, 5.41) is 0. The van der Waals surface area contributed by atoms with Crippen LogP contribution in [0.2, 0.25) is 0 Å². The van der Waals surface area contributed by atoms with E-state index in [2.05, 4.69) is 98.9 Å². The molecule has 0 aromatic rings. The minimum Gasteiger partial charge on any atom is -0.462 e. The highest BCUT2D eigenvalue weighted by Crippen LogP contribution is 2.43. The number of ether oxygens (including phenoxy) is 2. The van der Waals surface area contributed by atoms with Crippen molar-refractivity contribution in [2.75, 3.05) is 26.4 Å². The average Bonchev–Trinajstić information content (AvgIpc) is 3.17. The minimum atomic E-state index is -4.39. The zero-order chi connectivity index (χ0) is 40.3. The summed E-state index contributed by atoms with van der Waals surface area (Å²) in [5.41, 5.74) is 5.34. The third-order valence-corrected chi connectivity index (χ3v) is 9.25. The fourth-order valence-electron chi connectivity index (χ4n) is 5.16. The number of hydrogen-bond donors (Lipinski definition) is 2. The smallest absolute Gasteiger partial charge is 0.462 e. The largest absolute Gasteiger partial charge is 0.472 e. The Morgan fingerprint density at radius 1 is 0.564 bits per heavy atom. The van der Waals surface area contributed by atoms with Gasteiger partial charge in [0.15, 0.2) is 6.10 Å². The molecule has 0 aromatic heterocycles. The summed E-state index contributed by atoms with van der Waals surface area (Å²) >= 11 is 0. The quantitative estimate of drug-likeness (QED) is 0.0271. The number of carbonyl (C=O) groups is 2. The lowest BCUT2D eigenvalue weighted by atomic mass is 10.1. The molecule has 2 atom stereocenters. The average molecular weight is 790 g/mol. The summed E-state index contributed by atoms with van der Waals surface area (Å²) in [5.74, 6) is -0.891. The van der Waals surface area contributed by atoms with Gasteiger partial charge in [0, 0.05) is 19.4 Å². The number of rotatable bonds is 38. The second-order valence-corrected chi connectivity index (χ2v) is 14.9. The molecule has 3 N–H and O–H groups in total. The van der Waals surface area contributed by atoms with E-state index in [4.69, 9.17) is 24.3 Å². The monoisotopic (exact) mass is 790 g/mol. The summed E-state index contributed by atoms with van der Waals surface area (Å²) in [6.07, 6.45) is 50.4. The molecule has 0 saturated carbocycles. The van der Waals surface area contributed by atoms with E-state index in [1.54, 1.807) is 0 Å². The predicted octanol–water partition coefficient (Wildman–Crippen LogP) is 12.0. The number of phosphoric acid groups is 1. The third kappa shape index (κ3) is 40.7. The Balaban J connectivity index is 4.28. The Morgan fingerprint density at radius 3 is 1.47 bits per heavy atom. The molecule has 55 heavy (non-hydrogen) atoms. The van der Waals surface area contributed by atoms with Crippen molar-refractivity contribution in [3.63, 3.8) is 0 Å². The molecule has 0 aliphatic heterocycles. The van der Waals surface area contributed by atoms with Gasteiger partial charge in [0.2, 0.25) is 0 Å². The van der Waals surface area contributed by atoms with Crippen LogP contribution in [0.4, 0.5) is 0 Å². The maximum absolute atomic E-state index is 12.6. The van der Waals surface area contributed by atoms with Gasteiger partial charge in [-0.25, -0.2) is 4.57 Å². The first kappa shape index (κ1) is 52.2. The fourth-order valence-corrected chi connectivity index (χ4v) is 5.92. The van der Waals surface area contributed by atoms with Crippen LogP contribution in [0.3, 0.4) is 0 Å². The Kier molecular flexibility index (Phi) is 38.8. The van der Waals surface area contributed by atoms with E-state index in [0.717, 1.165) is 89.9 Å². The number of unbranched alkanes of at least 4 members (excludes halogenated alkanes) is 11. The number of nitrogens with two attached hydrogens (primary N) is 1. The molecule has 0 fully saturated rings. The molecule has 0 spiro atoms. The molecule has 0 heterocycles. The van der Waals surface area contributed by atoms with Gasteiger partial charge in [-0.05, 0) is 89.9 Å². The van der Waals surface area contributed by atoms with E-state index in [-0.39, 0.29) is 32.6 Å². The van der Waals surface area contributed by atoms with Gasteiger partial charge >= 0.3 is 19.8 Å². The molecule has 0 aliphatic carbocycles. The van der Waals surface area contributed by atoms with Crippen LogP contribution in [0.1, 0.15) is 155 Å². The normalized spacial score (nSPS) is 14.2. The van der Waals surface area contributed by atoms with Gasteiger partial charge in [-0.3, -0.25) is 18.6 Å². The van der Waals surface area contributed by atoms with Gasteiger partial charge < -0.3 is 20.1 Å². The predicted molar refractivity (Wildman–Crippen MR) is 229 cm³/mol. The number of carbonyl (C=O) groups excluding carboxylic acids is 2. The first-order chi connectivity index (χ1) is 26.8. The van der Waals surface area contributed by atoms with Crippen molar-refractivity contribution in [1.82, 2.24) is 0 Å². The zero-order valence-corrected chi connectivity index (χ0v) is 35.3. The minimum absolute atomic E-state index is 0.0410. The maximum Gasteiger partial charge on any atom is 0.472 e. The van der Waals surface area contributed by atoms with Crippen LogP contribution < -0.4 is 5.73 Å². The number of esters is 2. The summed E-state index contributed by atoms with van der Waals surface area (Å²) < 4.78 is 32.7. The molecule has 0 radical (unpaired) electrons. The van der Waals surface area contributed by atoms with Crippen molar-refractivity contribution >= 4 is 19.8 Å². The molecule has 0 rings (SSSR count). The molecule has 9 nitrogen and oxygen atoms in total. The van der Waals surface area contributed by atoms with E-state index in [9.17, 15) is 19.0 Å². The summed E-state index contributed by atoms with van der Waals surface area (Å²) in [7, 11) is -4.39. The second kappa shape index (κ2) is 40.8.